The number of carbonyl (C=O) groups excluding carboxylic acids is 2. The average molecular weight is 500 g/mol. The Kier molecular flexibility index (Phi) is 6.76. The fourth-order valence-corrected chi connectivity index (χ4v) is 4.55. The second-order valence-electron chi connectivity index (χ2n) is 9.01. The third-order valence-electron chi connectivity index (χ3n) is 6.60. The van der Waals surface area contributed by atoms with E-state index in [0.717, 1.165) is 0 Å². The number of para-hydroxylation sites is 2. The summed E-state index contributed by atoms with van der Waals surface area (Å²) in [5.41, 5.74) is 1.54. The van der Waals surface area contributed by atoms with Crippen LogP contribution in [-0.4, -0.2) is 68.2 Å². The van der Waals surface area contributed by atoms with E-state index >= 15 is 0 Å². The molecule has 1 fully saturated rings. The molecular formula is C28H29N5O4. The summed E-state index contributed by atoms with van der Waals surface area (Å²) in [5, 5.41) is 4.54. The van der Waals surface area contributed by atoms with E-state index in [-0.39, 0.29) is 17.4 Å². The normalized spacial score (nSPS) is 14.5. The summed E-state index contributed by atoms with van der Waals surface area (Å²) in [6.07, 6.45) is 2.87. The van der Waals surface area contributed by atoms with E-state index in [2.05, 4.69) is 5.10 Å². The van der Waals surface area contributed by atoms with Gasteiger partial charge in [0.15, 0.2) is 6.10 Å². The van der Waals surface area contributed by atoms with Crippen LogP contribution in [0.15, 0.2) is 77.9 Å². The molecule has 3 heterocycles. The zero-order valence-corrected chi connectivity index (χ0v) is 20.9. The molecule has 37 heavy (non-hydrogen) atoms. The number of amides is 2. The zero-order chi connectivity index (χ0) is 25.9. The molecule has 0 aliphatic carbocycles. The standard InChI is InChI=1S/C28H29N5O4/c1-3-30-18-23(25-24(19-30)28(36)33(29-25)21-10-6-4-7-11-21)27(35)32-16-14-31(15-17-32)26(34)20(2)37-22-12-8-5-9-13-22/h4-13,18-20H,3,14-17H2,1-2H3. The molecule has 1 unspecified atom stereocenters. The minimum Gasteiger partial charge on any atom is -0.481 e. The molecule has 3 aliphatic heterocycles. The highest BCUT2D eigenvalue weighted by molar-refractivity contribution is 6.00. The summed E-state index contributed by atoms with van der Waals surface area (Å²) in [6.45, 7) is 5.87. The number of rotatable bonds is 6. The van der Waals surface area contributed by atoms with Crippen molar-refractivity contribution in [2.75, 3.05) is 26.2 Å². The third-order valence-corrected chi connectivity index (χ3v) is 6.60. The second kappa shape index (κ2) is 10.3. The Bertz CT molecular complexity index is 1420. The van der Waals surface area contributed by atoms with Crippen molar-refractivity contribution in [3.63, 3.8) is 0 Å². The predicted molar refractivity (Wildman–Crippen MR) is 139 cm³/mol. The number of aryl methyl sites for hydroxylation is 1. The van der Waals surface area contributed by atoms with E-state index in [1.807, 2.05) is 60.0 Å². The van der Waals surface area contributed by atoms with Crippen molar-refractivity contribution >= 4 is 11.8 Å². The summed E-state index contributed by atoms with van der Waals surface area (Å²) in [6, 6.07) is 18.4. The van der Waals surface area contributed by atoms with Gasteiger partial charge in [-0.25, -0.2) is 0 Å². The number of aromatic nitrogens is 3. The number of piperazine rings is 1. The molecule has 190 valence electrons. The lowest BCUT2D eigenvalue weighted by Crippen LogP contribution is -2.53. The number of carbonyl (C=O) groups is 2. The Morgan fingerprint density at radius 3 is 2.19 bits per heavy atom. The molecule has 0 aromatic heterocycles. The van der Waals surface area contributed by atoms with Crippen molar-refractivity contribution in [2.45, 2.75) is 26.5 Å². The van der Waals surface area contributed by atoms with Crippen LogP contribution < -0.4 is 10.3 Å². The number of hydrogen-bond acceptors (Lipinski definition) is 5. The first-order valence-corrected chi connectivity index (χ1v) is 12.4. The Hall–Kier alpha value is -4.40. The minimum absolute atomic E-state index is 0.112. The lowest BCUT2D eigenvalue weighted by Gasteiger charge is -2.36. The highest BCUT2D eigenvalue weighted by Gasteiger charge is 2.31. The Morgan fingerprint density at radius 1 is 0.919 bits per heavy atom. The quantitative estimate of drug-likeness (QED) is 0.407. The van der Waals surface area contributed by atoms with Gasteiger partial charge < -0.3 is 19.1 Å². The molecule has 3 aliphatic rings. The lowest BCUT2D eigenvalue weighted by molar-refractivity contribution is -0.139. The molecule has 9 heteroatoms. The Balaban J connectivity index is 1.33. The fourth-order valence-electron chi connectivity index (χ4n) is 4.55. The van der Waals surface area contributed by atoms with E-state index in [1.165, 1.54) is 4.68 Å². The van der Waals surface area contributed by atoms with E-state index in [9.17, 15) is 14.4 Å². The first-order chi connectivity index (χ1) is 18.0. The maximum absolute atomic E-state index is 13.6. The van der Waals surface area contributed by atoms with Crippen LogP contribution in [-0.2, 0) is 11.3 Å². The van der Waals surface area contributed by atoms with Crippen LogP contribution in [0.25, 0.3) is 16.9 Å². The van der Waals surface area contributed by atoms with E-state index in [4.69, 9.17) is 4.74 Å². The van der Waals surface area contributed by atoms with Crippen molar-refractivity contribution in [1.29, 1.82) is 0 Å². The van der Waals surface area contributed by atoms with Crippen LogP contribution in [0.4, 0.5) is 0 Å². The second-order valence-corrected chi connectivity index (χ2v) is 9.01. The van der Waals surface area contributed by atoms with E-state index in [1.54, 1.807) is 41.2 Å². The van der Waals surface area contributed by atoms with E-state index < -0.39 is 6.10 Å². The molecule has 9 nitrogen and oxygen atoms in total. The maximum Gasteiger partial charge on any atom is 0.282 e. The fraction of sp³-hybridized carbons (Fsp3) is 0.286. The Morgan fingerprint density at radius 2 is 1.54 bits per heavy atom. The maximum atomic E-state index is 13.6. The van der Waals surface area contributed by atoms with Gasteiger partial charge in [0.1, 0.15) is 11.4 Å². The lowest BCUT2D eigenvalue weighted by atomic mass is 10.1. The first kappa shape index (κ1) is 24.3. The molecule has 5 rings (SSSR count). The summed E-state index contributed by atoms with van der Waals surface area (Å²) < 4.78 is 8.95. The molecule has 0 spiro atoms. The summed E-state index contributed by atoms with van der Waals surface area (Å²) in [5.74, 6) is 0.327. The SMILES string of the molecule is CCn1cc(C(=O)N2CCN(C(=O)C(C)Oc3ccccc3)CC2)c2nn(-c3ccccc3)c(=O)c-2c1. The molecule has 1 atom stereocenters. The third kappa shape index (κ3) is 4.84. The Labute approximate surface area is 214 Å². The molecule has 0 saturated carbocycles. The predicted octanol–water partition coefficient (Wildman–Crippen LogP) is 2.91. The number of pyridine rings is 1. The number of nitrogens with zero attached hydrogens (tertiary/aromatic N) is 5. The number of hydrogen-bond donors (Lipinski definition) is 0. The smallest absolute Gasteiger partial charge is 0.282 e. The highest BCUT2D eigenvalue weighted by Crippen LogP contribution is 2.24. The summed E-state index contributed by atoms with van der Waals surface area (Å²) >= 11 is 0. The van der Waals surface area contributed by atoms with Crippen molar-refractivity contribution in [3.8, 4) is 22.7 Å². The molecule has 2 aromatic carbocycles. The molecule has 2 aromatic rings. The van der Waals surface area contributed by atoms with Crippen molar-refractivity contribution in [3.05, 3.63) is 89.0 Å². The van der Waals surface area contributed by atoms with Crippen LogP contribution in [0, 0.1) is 0 Å². The van der Waals surface area contributed by atoms with Gasteiger partial charge in [0.25, 0.3) is 17.4 Å². The average Bonchev–Trinajstić information content (AvgIpc) is 3.29. The summed E-state index contributed by atoms with van der Waals surface area (Å²) in [7, 11) is 0. The van der Waals surface area contributed by atoms with Crippen LogP contribution in [0.2, 0.25) is 0 Å². The van der Waals surface area contributed by atoms with Gasteiger partial charge in [0.05, 0.1) is 16.8 Å². The number of benzene rings is 2. The van der Waals surface area contributed by atoms with Gasteiger partial charge in [-0.3, -0.25) is 14.4 Å². The van der Waals surface area contributed by atoms with Gasteiger partial charge in [-0.15, -0.1) is 0 Å². The molecular weight excluding hydrogens is 470 g/mol. The van der Waals surface area contributed by atoms with Crippen molar-refractivity contribution in [1.82, 2.24) is 24.1 Å². The molecule has 0 radical (unpaired) electrons. The van der Waals surface area contributed by atoms with Gasteiger partial charge in [0.2, 0.25) is 0 Å². The largest absolute Gasteiger partial charge is 0.481 e. The van der Waals surface area contributed by atoms with Gasteiger partial charge in [0, 0.05) is 45.1 Å². The van der Waals surface area contributed by atoms with Gasteiger partial charge in [-0.1, -0.05) is 36.4 Å². The van der Waals surface area contributed by atoms with Crippen LogP contribution in [0.5, 0.6) is 5.75 Å². The van der Waals surface area contributed by atoms with Gasteiger partial charge in [-0.05, 0) is 38.1 Å². The zero-order valence-electron chi connectivity index (χ0n) is 20.9. The number of ether oxygens (including phenoxy) is 1. The van der Waals surface area contributed by atoms with Gasteiger partial charge in [-0.2, -0.15) is 9.78 Å². The topological polar surface area (TPSA) is 89.7 Å². The van der Waals surface area contributed by atoms with Crippen molar-refractivity contribution in [2.24, 2.45) is 0 Å². The number of fused-ring (bicyclic) bond motifs is 1. The monoisotopic (exact) mass is 499 g/mol. The molecule has 1 saturated heterocycles. The molecule has 2 amide bonds. The highest BCUT2D eigenvalue weighted by atomic mass is 16.5. The summed E-state index contributed by atoms with van der Waals surface area (Å²) in [4.78, 5) is 43.2. The van der Waals surface area contributed by atoms with E-state index in [0.29, 0.717) is 61.0 Å². The van der Waals surface area contributed by atoms with Crippen molar-refractivity contribution < 1.29 is 14.3 Å². The molecule has 0 N–H and O–H groups in total. The minimum atomic E-state index is -0.626. The van der Waals surface area contributed by atoms with Crippen LogP contribution >= 0.6 is 0 Å². The first-order valence-electron chi connectivity index (χ1n) is 12.4. The van der Waals surface area contributed by atoms with Crippen LogP contribution in [0.1, 0.15) is 24.2 Å². The molecule has 0 bridgehead atoms. The van der Waals surface area contributed by atoms with Crippen LogP contribution in [0.3, 0.4) is 0 Å². The van der Waals surface area contributed by atoms with Gasteiger partial charge >= 0.3 is 0 Å².